The first-order valence-electron chi connectivity index (χ1n) is 2.70. The summed E-state index contributed by atoms with van der Waals surface area (Å²) < 4.78 is 1.99. The first-order valence-corrected chi connectivity index (χ1v) is 4.39. The summed E-state index contributed by atoms with van der Waals surface area (Å²) in [6, 6.07) is 0. The van der Waals surface area contributed by atoms with Crippen molar-refractivity contribution in [3.05, 3.63) is 23.8 Å². The van der Waals surface area contributed by atoms with Crippen molar-refractivity contribution in [2.75, 3.05) is 0 Å². The van der Waals surface area contributed by atoms with Gasteiger partial charge in [0.25, 0.3) is 0 Å². The molecule has 0 aromatic carbocycles. The van der Waals surface area contributed by atoms with Crippen LogP contribution in [0.15, 0.2) is 23.8 Å². The molecule has 0 rings (SSSR count). The maximum atomic E-state index is 9.95. The van der Waals surface area contributed by atoms with E-state index in [1.54, 1.807) is 6.08 Å². The van der Waals surface area contributed by atoms with Gasteiger partial charge in [-0.3, -0.25) is 0 Å². The second kappa shape index (κ2) is 5.31. The second-order valence-electron chi connectivity index (χ2n) is 1.73. The molecule has 0 saturated carbocycles. The van der Waals surface area contributed by atoms with Gasteiger partial charge in [0.2, 0.25) is 0 Å². The van der Waals surface area contributed by atoms with Crippen molar-refractivity contribution in [3.8, 4) is 0 Å². The summed E-state index contributed by atoms with van der Waals surface area (Å²) >= 11 is 1.37. The van der Waals surface area contributed by atoms with Gasteiger partial charge in [0, 0.05) is 0 Å². The Balaban J connectivity index is 3.93. The third-order valence-electron chi connectivity index (χ3n) is 0.784. The van der Waals surface area contributed by atoms with Crippen molar-refractivity contribution in [2.45, 2.75) is 6.92 Å². The van der Waals surface area contributed by atoms with Crippen LogP contribution in [-0.2, 0) is 24.1 Å². The van der Waals surface area contributed by atoms with Crippen molar-refractivity contribution in [3.63, 3.8) is 0 Å². The molecule has 0 aliphatic heterocycles. The van der Waals surface area contributed by atoms with Gasteiger partial charge in [0.05, 0.1) is 0 Å². The molecule has 0 aliphatic rings. The van der Waals surface area contributed by atoms with E-state index in [2.05, 4.69) is 0 Å². The van der Waals surface area contributed by atoms with Crippen molar-refractivity contribution < 1.29 is 29.3 Å². The van der Waals surface area contributed by atoms with Crippen molar-refractivity contribution in [2.24, 2.45) is 0 Å². The maximum absolute atomic E-state index is 9.95. The first kappa shape index (κ1) is 9.51. The summed E-state index contributed by atoms with van der Waals surface area (Å²) in [7, 11) is 0. The van der Waals surface area contributed by atoms with Crippen molar-refractivity contribution in [1.82, 2.24) is 0 Å². The van der Waals surface area contributed by atoms with Crippen LogP contribution in [-0.4, -0.2) is 15.5 Å². The molecule has 0 saturated heterocycles. The average molecular weight is 308 g/mol. The molecule has 0 bridgehead atoms. The Morgan fingerprint density at radius 2 is 2.20 bits per heavy atom. The molecule has 54 valence electrons. The number of aliphatic carboxylic acids is 1. The van der Waals surface area contributed by atoms with Gasteiger partial charge >= 0.3 is 70.3 Å². The van der Waals surface area contributed by atoms with Crippen LogP contribution < -0.4 is 0 Å². The van der Waals surface area contributed by atoms with Gasteiger partial charge in [0.1, 0.15) is 0 Å². The number of carboxylic acid groups (broad SMARTS) is 1. The molecule has 10 heavy (non-hydrogen) atoms. The van der Waals surface area contributed by atoms with Gasteiger partial charge < -0.3 is 0 Å². The molecule has 3 heteroatoms. The third-order valence-corrected chi connectivity index (χ3v) is 2.12. The van der Waals surface area contributed by atoms with Crippen LogP contribution in [0, 0.1) is 0 Å². The topological polar surface area (TPSA) is 37.3 Å². The molecule has 0 amide bonds. The van der Waals surface area contributed by atoms with E-state index in [0.717, 1.165) is 11.6 Å². The molecule has 2 nitrogen and oxygen atoms in total. The Hall–Kier alpha value is -0.492. The number of rotatable bonds is 3. The van der Waals surface area contributed by atoms with Crippen LogP contribution in [0.2, 0.25) is 0 Å². The zero-order valence-electron chi connectivity index (χ0n) is 5.57. The van der Waals surface area contributed by atoms with Gasteiger partial charge in [0.15, 0.2) is 0 Å². The van der Waals surface area contributed by atoms with E-state index in [9.17, 15) is 4.79 Å². The minimum atomic E-state index is -0.910. The molecule has 0 radical (unpaired) electrons. The Bertz CT molecular complexity index is 192. The van der Waals surface area contributed by atoms with Crippen molar-refractivity contribution >= 4 is 10.4 Å². The number of carboxylic acids is 1. The van der Waals surface area contributed by atoms with E-state index in [0.29, 0.717) is 0 Å². The molecule has 0 aliphatic carbocycles. The Kier molecular flexibility index (Phi) is 5.04. The van der Waals surface area contributed by atoms with Crippen LogP contribution >= 0.6 is 0 Å². The molecular formula is C7H8O2W. The van der Waals surface area contributed by atoms with Crippen LogP contribution in [0.25, 0.3) is 0 Å². The SMILES string of the molecule is C/C([CH]=[W])=C/C=CC(=O)O. The van der Waals surface area contributed by atoms with Crippen LogP contribution in [0.3, 0.4) is 0 Å². The summed E-state index contributed by atoms with van der Waals surface area (Å²) in [5.41, 5.74) is 1.09. The second-order valence-corrected chi connectivity index (χ2v) is 2.57. The summed E-state index contributed by atoms with van der Waals surface area (Å²) in [5.74, 6) is -0.910. The average Bonchev–Trinajstić information content (AvgIpc) is 1.87. The molecule has 0 spiro atoms. The monoisotopic (exact) mass is 308 g/mol. The number of allylic oxidation sites excluding steroid dienone is 3. The normalized spacial score (nSPS) is 11.9. The Morgan fingerprint density at radius 3 is 2.60 bits per heavy atom. The van der Waals surface area contributed by atoms with Crippen LogP contribution in [0.5, 0.6) is 0 Å². The number of hydrogen-bond donors (Lipinski definition) is 1. The van der Waals surface area contributed by atoms with E-state index in [1.807, 2.05) is 11.3 Å². The standard InChI is InChI=1S/C7H8O2.W/c1-6(2)4-3-5-7(8)9;/h1,3-5H,2H3,(H,8,9);/b5-3?,6-4+;. The summed E-state index contributed by atoms with van der Waals surface area (Å²) in [4.78, 5) is 9.95. The van der Waals surface area contributed by atoms with Crippen molar-refractivity contribution in [1.29, 1.82) is 0 Å². The van der Waals surface area contributed by atoms with E-state index in [4.69, 9.17) is 5.11 Å². The molecule has 0 unspecified atom stereocenters. The van der Waals surface area contributed by atoms with Crippen LogP contribution in [0.1, 0.15) is 6.92 Å². The predicted molar refractivity (Wildman–Crippen MR) is 36.6 cm³/mol. The fourth-order valence-corrected chi connectivity index (χ4v) is 0.604. The van der Waals surface area contributed by atoms with Gasteiger partial charge in [-0.25, -0.2) is 0 Å². The first-order chi connectivity index (χ1) is 4.66. The van der Waals surface area contributed by atoms with Gasteiger partial charge in [-0.2, -0.15) is 0 Å². The number of hydrogen-bond acceptors (Lipinski definition) is 1. The molecule has 0 heterocycles. The molecule has 0 aromatic heterocycles. The summed E-state index contributed by atoms with van der Waals surface area (Å²) in [6.45, 7) is 1.93. The fourth-order valence-electron chi connectivity index (χ4n) is 0.321. The third kappa shape index (κ3) is 5.64. The molecular weight excluding hydrogens is 300 g/mol. The van der Waals surface area contributed by atoms with E-state index in [-0.39, 0.29) is 0 Å². The summed E-state index contributed by atoms with van der Waals surface area (Å²) in [6.07, 6.45) is 4.40. The fraction of sp³-hybridized carbons (Fsp3) is 0.143. The van der Waals surface area contributed by atoms with Gasteiger partial charge in [-0.05, 0) is 0 Å². The quantitative estimate of drug-likeness (QED) is 0.622. The van der Waals surface area contributed by atoms with Gasteiger partial charge in [-0.1, -0.05) is 0 Å². The number of carbonyl (C=O) groups is 1. The zero-order valence-corrected chi connectivity index (χ0v) is 8.51. The Morgan fingerprint density at radius 1 is 1.60 bits per heavy atom. The molecule has 0 atom stereocenters. The minimum absolute atomic E-state index is 0.910. The zero-order chi connectivity index (χ0) is 7.98. The summed E-state index contributed by atoms with van der Waals surface area (Å²) in [5, 5.41) is 8.18. The Labute approximate surface area is 70.7 Å². The van der Waals surface area contributed by atoms with E-state index in [1.165, 1.54) is 25.4 Å². The van der Waals surface area contributed by atoms with E-state index >= 15 is 0 Å². The van der Waals surface area contributed by atoms with E-state index < -0.39 is 5.97 Å². The molecule has 0 aromatic rings. The molecule has 0 fully saturated rings. The predicted octanol–water partition coefficient (Wildman–Crippen LogP) is 0.923. The molecule has 1 N–H and O–H groups in total. The van der Waals surface area contributed by atoms with Gasteiger partial charge in [-0.15, -0.1) is 0 Å². The van der Waals surface area contributed by atoms with Crippen LogP contribution in [0.4, 0.5) is 0 Å².